The fourth-order valence-corrected chi connectivity index (χ4v) is 1.84. The summed E-state index contributed by atoms with van der Waals surface area (Å²) in [6, 6.07) is 15.0. The van der Waals surface area contributed by atoms with Crippen LogP contribution >= 0.6 is 0 Å². The largest absolute Gasteiger partial charge is 0.0616 e. The van der Waals surface area contributed by atoms with E-state index in [9.17, 15) is 0 Å². The predicted octanol–water partition coefficient (Wildman–Crippen LogP) is 4.17. The standard InChI is InChI=1S/C14H15/c1-3-11(2)13-10-6-8-12-7-4-5-9-14(12)13/h4-11H,1,3H2,2H3/t11-/m1/s1. The first-order valence-corrected chi connectivity index (χ1v) is 5.10. The Labute approximate surface area is 85.6 Å². The summed E-state index contributed by atoms with van der Waals surface area (Å²) in [5.74, 6) is 0.543. The quantitative estimate of drug-likeness (QED) is 0.655. The van der Waals surface area contributed by atoms with Gasteiger partial charge in [0.1, 0.15) is 0 Å². The van der Waals surface area contributed by atoms with Gasteiger partial charge in [0.15, 0.2) is 0 Å². The van der Waals surface area contributed by atoms with E-state index in [2.05, 4.69) is 56.3 Å². The number of hydrogen-bond acceptors (Lipinski definition) is 0. The lowest BCUT2D eigenvalue weighted by Crippen LogP contribution is -1.92. The van der Waals surface area contributed by atoms with Crippen molar-refractivity contribution in [1.29, 1.82) is 0 Å². The van der Waals surface area contributed by atoms with Gasteiger partial charge in [0.25, 0.3) is 0 Å². The zero-order valence-electron chi connectivity index (χ0n) is 8.53. The van der Waals surface area contributed by atoms with Gasteiger partial charge >= 0.3 is 0 Å². The molecular weight excluding hydrogens is 168 g/mol. The molecule has 0 heterocycles. The predicted molar refractivity (Wildman–Crippen MR) is 62.3 cm³/mol. The summed E-state index contributed by atoms with van der Waals surface area (Å²) in [5, 5.41) is 2.69. The van der Waals surface area contributed by atoms with E-state index in [0.717, 1.165) is 6.42 Å². The Morgan fingerprint density at radius 3 is 2.57 bits per heavy atom. The number of benzene rings is 2. The molecule has 2 rings (SSSR count). The van der Waals surface area contributed by atoms with Crippen molar-refractivity contribution in [3.05, 3.63) is 55.0 Å². The fraction of sp³-hybridized carbons (Fsp3) is 0.214. The SMILES string of the molecule is [CH2]C[C@@H](C)c1cccc2ccccc12. The van der Waals surface area contributed by atoms with E-state index in [1.807, 2.05) is 0 Å². The van der Waals surface area contributed by atoms with Crippen LogP contribution in [0.4, 0.5) is 0 Å². The first-order chi connectivity index (χ1) is 6.83. The minimum Gasteiger partial charge on any atom is -0.0616 e. The summed E-state index contributed by atoms with van der Waals surface area (Å²) in [6.45, 7) is 6.20. The lowest BCUT2D eigenvalue weighted by Gasteiger charge is -2.11. The molecule has 1 radical (unpaired) electrons. The van der Waals surface area contributed by atoms with Crippen molar-refractivity contribution in [2.75, 3.05) is 0 Å². The van der Waals surface area contributed by atoms with Gasteiger partial charge in [-0.25, -0.2) is 0 Å². The molecule has 0 aliphatic carbocycles. The third-order valence-corrected chi connectivity index (χ3v) is 2.79. The molecule has 0 heteroatoms. The highest BCUT2D eigenvalue weighted by Crippen LogP contribution is 2.26. The Balaban J connectivity index is 2.65. The lowest BCUT2D eigenvalue weighted by molar-refractivity contribution is 0.786. The fourth-order valence-electron chi connectivity index (χ4n) is 1.84. The molecule has 14 heavy (non-hydrogen) atoms. The van der Waals surface area contributed by atoms with E-state index in [1.54, 1.807) is 0 Å². The normalized spacial score (nSPS) is 13.0. The molecule has 0 N–H and O–H groups in total. The molecule has 1 atom stereocenters. The number of fused-ring (bicyclic) bond motifs is 1. The van der Waals surface area contributed by atoms with Crippen LogP contribution in [0.25, 0.3) is 10.8 Å². The van der Waals surface area contributed by atoms with Crippen molar-refractivity contribution in [3.8, 4) is 0 Å². The van der Waals surface area contributed by atoms with Crippen LogP contribution in [0.3, 0.4) is 0 Å². The van der Waals surface area contributed by atoms with E-state index < -0.39 is 0 Å². The minimum absolute atomic E-state index is 0.543. The van der Waals surface area contributed by atoms with Crippen LogP contribution < -0.4 is 0 Å². The molecule has 0 bridgehead atoms. The molecule has 0 saturated carbocycles. The molecule has 0 saturated heterocycles. The third-order valence-electron chi connectivity index (χ3n) is 2.79. The maximum absolute atomic E-state index is 3.97. The van der Waals surface area contributed by atoms with Gasteiger partial charge in [-0.2, -0.15) is 0 Å². The second-order valence-electron chi connectivity index (χ2n) is 3.76. The smallest absolute Gasteiger partial charge is 0.0149 e. The molecule has 71 valence electrons. The molecular formula is C14H15. The van der Waals surface area contributed by atoms with Crippen molar-refractivity contribution in [2.45, 2.75) is 19.3 Å². The molecule has 0 amide bonds. The van der Waals surface area contributed by atoms with Crippen LogP contribution in [0.5, 0.6) is 0 Å². The van der Waals surface area contributed by atoms with Crippen molar-refractivity contribution in [2.24, 2.45) is 0 Å². The molecule has 0 unspecified atom stereocenters. The van der Waals surface area contributed by atoms with Gasteiger partial charge in [-0.15, -0.1) is 0 Å². The molecule has 0 spiro atoms. The lowest BCUT2D eigenvalue weighted by atomic mass is 9.93. The van der Waals surface area contributed by atoms with Crippen LogP contribution in [-0.4, -0.2) is 0 Å². The van der Waals surface area contributed by atoms with Gasteiger partial charge < -0.3 is 0 Å². The summed E-state index contributed by atoms with van der Waals surface area (Å²) < 4.78 is 0. The van der Waals surface area contributed by atoms with Crippen LogP contribution in [0.2, 0.25) is 0 Å². The Hall–Kier alpha value is -1.30. The molecule has 2 aromatic carbocycles. The highest BCUT2D eigenvalue weighted by atomic mass is 14.1. The Bertz CT molecular complexity index is 423. The average molecular weight is 183 g/mol. The van der Waals surface area contributed by atoms with E-state index in [0.29, 0.717) is 5.92 Å². The van der Waals surface area contributed by atoms with E-state index in [1.165, 1.54) is 16.3 Å². The van der Waals surface area contributed by atoms with Gasteiger partial charge in [-0.05, 0) is 28.7 Å². The van der Waals surface area contributed by atoms with Crippen molar-refractivity contribution in [3.63, 3.8) is 0 Å². The summed E-state index contributed by atoms with van der Waals surface area (Å²) in [7, 11) is 0. The minimum atomic E-state index is 0.543. The van der Waals surface area contributed by atoms with E-state index >= 15 is 0 Å². The molecule has 0 nitrogen and oxygen atoms in total. The molecule has 0 aromatic heterocycles. The Morgan fingerprint density at radius 1 is 1.07 bits per heavy atom. The van der Waals surface area contributed by atoms with Crippen LogP contribution in [0, 0.1) is 6.92 Å². The maximum atomic E-state index is 3.97. The number of hydrogen-bond donors (Lipinski definition) is 0. The summed E-state index contributed by atoms with van der Waals surface area (Å²) in [5.41, 5.74) is 1.41. The molecule has 0 aliphatic rings. The Kier molecular flexibility index (Phi) is 2.53. The molecule has 2 aromatic rings. The third kappa shape index (κ3) is 1.52. The summed E-state index contributed by atoms with van der Waals surface area (Å²) in [4.78, 5) is 0. The highest BCUT2D eigenvalue weighted by Gasteiger charge is 2.05. The van der Waals surface area contributed by atoms with Gasteiger partial charge in [-0.1, -0.05) is 56.3 Å². The van der Waals surface area contributed by atoms with Crippen molar-refractivity contribution >= 4 is 10.8 Å². The zero-order valence-corrected chi connectivity index (χ0v) is 8.53. The summed E-state index contributed by atoms with van der Waals surface area (Å²) >= 11 is 0. The first kappa shape index (κ1) is 9.26. The maximum Gasteiger partial charge on any atom is -0.0149 e. The Morgan fingerprint density at radius 2 is 1.79 bits per heavy atom. The van der Waals surface area contributed by atoms with Gasteiger partial charge in [0, 0.05) is 0 Å². The summed E-state index contributed by atoms with van der Waals surface area (Å²) in [6.07, 6.45) is 0.952. The van der Waals surface area contributed by atoms with Gasteiger partial charge in [0.05, 0.1) is 0 Å². The second kappa shape index (κ2) is 3.83. The average Bonchev–Trinajstić information content (AvgIpc) is 2.27. The highest BCUT2D eigenvalue weighted by molar-refractivity contribution is 5.86. The van der Waals surface area contributed by atoms with Crippen LogP contribution in [-0.2, 0) is 0 Å². The molecule has 0 aliphatic heterocycles. The zero-order chi connectivity index (χ0) is 9.97. The van der Waals surface area contributed by atoms with Crippen LogP contribution in [0.1, 0.15) is 24.8 Å². The first-order valence-electron chi connectivity index (χ1n) is 5.10. The second-order valence-corrected chi connectivity index (χ2v) is 3.76. The van der Waals surface area contributed by atoms with Crippen LogP contribution in [0.15, 0.2) is 42.5 Å². The van der Waals surface area contributed by atoms with Crippen molar-refractivity contribution in [1.82, 2.24) is 0 Å². The van der Waals surface area contributed by atoms with Crippen molar-refractivity contribution < 1.29 is 0 Å². The van der Waals surface area contributed by atoms with E-state index in [4.69, 9.17) is 0 Å². The number of rotatable bonds is 2. The van der Waals surface area contributed by atoms with Gasteiger partial charge in [0.2, 0.25) is 0 Å². The van der Waals surface area contributed by atoms with Gasteiger partial charge in [-0.3, -0.25) is 0 Å². The monoisotopic (exact) mass is 183 g/mol. The molecule has 0 fully saturated rings. The topological polar surface area (TPSA) is 0 Å². The van der Waals surface area contributed by atoms with E-state index in [-0.39, 0.29) is 0 Å².